The van der Waals surface area contributed by atoms with Gasteiger partial charge in [0.2, 0.25) is 5.91 Å². The minimum Gasteiger partial charge on any atom is -0.379 e. The summed E-state index contributed by atoms with van der Waals surface area (Å²) in [6, 6.07) is 8.03. The van der Waals surface area contributed by atoms with Crippen LogP contribution in [0.25, 0.3) is 0 Å². The van der Waals surface area contributed by atoms with Gasteiger partial charge in [-0.05, 0) is 37.1 Å². The topological polar surface area (TPSA) is 67.6 Å². The Bertz CT molecular complexity index is 529. The zero-order valence-electron chi connectivity index (χ0n) is 15.7. The number of unbranched alkanes of at least 4 members (excludes halogenated alkanes) is 3. The first-order valence-corrected chi connectivity index (χ1v) is 9.62. The Morgan fingerprint density at radius 2 is 1.89 bits per heavy atom. The van der Waals surface area contributed by atoms with Crippen molar-refractivity contribution in [1.82, 2.24) is 10.2 Å². The third kappa shape index (κ3) is 9.97. The summed E-state index contributed by atoms with van der Waals surface area (Å²) < 4.78 is 5.46. The molecule has 1 aliphatic rings. The predicted octanol–water partition coefficient (Wildman–Crippen LogP) is 3.58. The number of nitrogens with zero attached hydrogens (tertiary/aromatic N) is 1. The van der Waals surface area contributed by atoms with E-state index in [1.165, 1.54) is 0 Å². The predicted molar refractivity (Wildman–Crippen MR) is 116 cm³/mol. The van der Waals surface area contributed by atoms with Crippen LogP contribution in [-0.4, -0.2) is 50.2 Å². The van der Waals surface area contributed by atoms with Crippen LogP contribution in [0, 0.1) is 0 Å². The van der Waals surface area contributed by atoms with E-state index in [9.17, 15) is 4.79 Å². The summed E-state index contributed by atoms with van der Waals surface area (Å²) in [4.78, 5) is 14.5. The van der Waals surface area contributed by atoms with Crippen molar-refractivity contribution in [2.45, 2.75) is 38.1 Å². The van der Waals surface area contributed by atoms with Crippen LogP contribution in [0.3, 0.4) is 0 Å². The maximum Gasteiger partial charge on any atom is 0.220 e. The van der Waals surface area contributed by atoms with Gasteiger partial charge in [0.05, 0.1) is 19.3 Å². The molecule has 1 amide bonds. The molecule has 27 heavy (non-hydrogen) atoms. The molecule has 0 aromatic heterocycles. The Hall–Kier alpha value is -0.560. The summed E-state index contributed by atoms with van der Waals surface area (Å²) in [7, 11) is 0. The summed E-state index contributed by atoms with van der Waals surface area (Å²) in [6.45, 7) is 4.52. The van der Waals surface area contributed by atoms with Gasteiger partial charge in [0.1, 0.15) is 0 Å². The molecule has 0 aliphatic carbocycles. The van der Waals surface area contributed by atoms with Gasteiger partial charge in [-0.1, -0.05) is 36.6 Å². The number of hydrogen-bond acceptors (Lipinski definition) is 4. The van der Waals surface area contributed by atoms with E-state index in [4.69, 9.17) is 22.1 Å². The second-order valence-corrected chi connectivity index (χ2v) is 6.91. The molecular formula is C19H32Cl3N3O2. The summed E-state index contributed by atoms with van der Waals surface area (Å²) in [6.07, 6.45) is 4.70. The van der Waals surface area contributed by atoms with Gasteiger partial charge in [-0.3, -0.25) is 9.69 Å². The Balaban J connectivity index is 0.00000338. The number of benzene rings is 1. The molecule has 3 N–H and O–H groups in total. The van der Waals surface area contributed by atoms with Gasteiger partial charge in [0, 0.05) is 31.1 Å². The number of rotatable bonds is 10. The van der Waals surface area contributed by atoms with Crippen molar-refractivity contribution < 1.29 is 9.53 Å². The lowest BCUT2D eigenvalue weighted by atomic mass is 10.0. The highest BCUT2D eigenvalue weighted by Crippen LogP contribution is 2.24. The second kappa shape index (κ2) is 15.4. The Kier molecular flexibility index (Phi) is 15.1. The van der Waals surface area contributed by atoms with E-state index in [-0.39, 0.29) is 36.8 Å². The fourth-order valence-corrected chi connectivity index (χ4v) is 3.34. The third-order valence-corrected chi connectivity index (χ3v) is 4.81. The number of amides is 1. The molecule has 0 radical (unpaired) electrons. The number of nitrogens with one attached hydrogen (secondary N) is 1. The van der Waals surface area contributed by atoms with Crippen molar-refractivity contribution in [3.05, 3.63) is 34.9 Å². The molecule has 0 bridgehead atoms. The van der Waals surface area contributed by atoms with Crippen LogP contribution in [-0.2, 0) is 9.53 Å². The van der Waals surface area contributed by atoms with E-state index in [1.807, 2.05) is 18.2 Å². The van der Waals surface area contributed by atoms with E-state index >= 15 is 0 Å². The van der Waals surface area contributed by atoms with Crippen molar-refractivity contribution in [2.24, 2.45) is 5.73 Å². The highest BCUT2D eigenvalue weighted by Gasteiger charge is 2.23. The first kappa shape index (κ1) is 26.4. The molecule has 2 rings (SSSR count). The number of carbonyl (C=O) groups is 1. The molecule has 0 spiro atoms. The van der Waals surface area contributed by atoms with E-state index in [0.29, 0.717) is 13.0 Å². The minimum atomic E-state index is 0. The fraction of sp³-hybridized carbons (Fsp3) is 0.632. The summed E-state index contributed by atoms with van der Waals surface area (Å²) in [5.74, 6) is 0.119. The monoisotopic (exact) mass is 439 g/mol. The van der Waals surface area contributed by atoms with E-state index in [2.05, 4.69) is 16.3 Å². The Morgan fingerprint density at radius 3 is 2.56 bits per heavy atom. The van der Waals surface area contributed by atoms with Crippen molar-refractivity contribution >= 4 is 42.3 Å². The number of carbonyl (C=O) groups excluding carboxylic acids is 1. The summed E-state index contributed by atoms with van der Waals surface area (Å²) >= 11 is 6.16. The van der Waals surface area contributed by atoms with Crippen molar-refractivity contribution in [2.75, 3.05) is 39.4 Å². The van der Waals surface area contributed by atoms with Crippen LogP contribution < -0.4 is 11.1 Å². The van der Waals surface area contributed by atoms with Crippen LogP contribution in [0.1, 0.15) is 43.7 Å². The fourth-order valence-electron chi connectivity index (χ4n) is 3.14. The smallest absolute Gasteiger partial charge is 0.220 e. The Labute approximate surface area is 180 Å². The van der Waals surface area contributed by atoms with Gasteiger partial charge in [0.25, 0.3) is 0 Å². The van der Waals surface area contributed by atoms with Gasteiger partial charge in [-0.2, -0.15) is 0 Å². The van der Waals surface area contributed by atoms with Gasteiger partial charge >= 0.3 is 0 Å². The molecular weight excluding hydrogens is 409 g/mol. The van der Waals surface area contributed by atoms with E-state index < -0.39 is 0 Å². The number of nitrogens with two attached hydrogens (primary N) is 1. The van der Waals surface area contributed by atoms with Crippen LogP contribution in [0.2, 0.25) is 5.02 Å². The molecule has 5 nitrogen and oxygen atoms in total. The minimum absolute atomic E-state index is 0. The highest BCUT2D eigenvalue weighted by atomic mass is 35.5. The van der Waals surface area contributed by atoms with Crippen LogP contribution in [0.15, 0.2) is 24.3 Å². The first-order chi connectivity index (χ1) is 12.2. The molecule has 1 unspecified atom stereocenters. The van der Waals surface area contributed by atoms with Gasteiger partial charge in [-0.25, -0.2) is 0 Å². The third-order valence-electron chi connectivity index (χ3n) is 4.57. The molecule has 8 heteroatoms. The summed E-state index contributed by atoms with van der Waals surface area (Å²) in [5.41, 5.74) is 6.62. The van der Waals surface area contributed by atoms with Gasteiger partial charge < -0.3 is 15.8 Å². The van der Waals surface area contributed by atoms with Gasteiger partial charge in [-0.15, -0.1) is 24.8 Å². The molecule has 1 saturated heterocycles. The van der Waals surface area contributed by atoms with Crippen LogP contribution >= 0.6 is 36.4 Å². The van der Waals surface area contributed by atoms with Crippen molar-refractivity contribution in [1.29, 1.82) is 0 Å². The lowest BCUT2D eigenvalue weighted by Gasteiger charge is -2.35. The largest absolute Gasteiger partial charge is 0.379 e. The molecule has 1 aromatic rings. The summed E-state index contributed by atoms with van der Waals surface area (Å²) in [5, 5.41) is 3.82. The molecule has 1 atom stereocenters. The lowest BCUT2D eigenvalue weighted by Crippen LogP contribution is -2.43. The van der Waals surface area contributed by atoms with Crippen molar-refractivity contribution in [3.8, 4) is 0 Å². The molecule has 1 aliphatic heterocycles. The second-order valence-electron chi connectivity index (χ2n) is 6.48. The molecule has 156 valence electrons. The maximum atomic E-state index is 12.2. The van der Waals surface area contributed by atoms with E-state index in [0.717, 1.165) is 69.1 Å². The van der Waals surface area contributed by atoms with Crippen LogP contribution in [0.4, 0.5) is 0 Å². The average molecular weight is 441 g/mol. The first-order valence-electron chi connectivity index (χ1n) is 9.24. The number of ether oxygens (including phenoxy) is 1. The number of morpholine rings is 1. The zero-order valence-corrected chi connectivity index (χ0v) is 18.1. The van der Waals surface area contributed by atoms with E-state index in [1.54, 1.807) is 0 Å². The molecule has 1 heterocycles. The van der Waals surface area contributed by atoms with Crippen molar-refractivity contribution in [3.63, 3.8) is 0 Å². The molecule has 0 saturated carbocycles. The van der Waals surface area contributed by atoms with Gasteiger partial charge in [0.15, 0.2) is 0 Å². The SMILES string of the molecule is Cl.Cl.NCCCCCCC(=O)NCC(c1cccc(Cl)c1)N1CCOCC1. The normalized spacial score (nSPS) is 15.3. The van der Waals surface area contributed by atoms with Crippen LogP contribution in [0.5, 0.6) is 0 Å². The highest BCUT2D eigenvalue weighted by molar-refractivity contribution is 6.30. The average Bonchev–Trinajstić information content (AvgIpc) is 2.63. The molecule has 1 fully saturated rings. The standard InChI is InChI=1S/C19H30ClN3O2.2ClH/c20-17-7-5-6-16(14-17)18(23-10-12-25-13-11-23)15-22-19(24)8-3-1-2-4-9-21;;/h5-7,14,18H,1-4,8-13,15,21H2,(H,22,24);2*1H. The quantitative estimate of drug-likeness (QED) is 0.546. The maximum absolute atomic E-state index is 12.2. The lowest BCUT2D eigenvalue weighted by molar-refractivity contribution is -0.121. The zero-order chi connectivity index (χ0) is 17.9. The Morgan fingerprint density at radius 1 is 1.19 bits per heavy atom. The number of halogens is 3. The number of hydrogen-bond donors (Lipinski definition) is 2. The molecule has 1 aromatic carbocycles.